The normalized spacial score (nSPS) is 24.6. The zero-order valence-electron chi connectivity index (χ0n) is 24.3. The minimum absolute atomic E-state index is 0. The number of aliphatic hydroxyl groups is 1. The molecule has 4 heterocycles. The van der Waals surface area contributed by atoms with Crippen molar-refractivity contribution in [1.29, 1.82) is 0 Å². The molecule has 5 rings (SSSR count). The minimum Gasteiger partial charge on any atom is -0.664 e. The number of hydrogen-bond donors (Lipinski definition) is 2. The van der Waals surface area contributed by atoms with Crippen molar-refractivity contribution in [2.24, 2.45) is 17.1 Å². The molecule has 1 unspecified atom stereocenters. The Morgan fingerprint density at radius 3 is 2.37 bits per heavy atom. The van der Waals surface area contributed by atoms with Crippen LogP contribution in [-0.2, 0) is 66.1 Å². The molecule has 2 atom stereocenters. The van der Waals surface area contributed by atoms with Crippen LogP contribution in [0.1, 0.15) is 74.6 Å². The number of aromatic nitrogens is 1. The molecule has 1 amide bonds. The largest absolute Gasteiger partial charge is 0.664 e. The van der Waals surface area contributed by atoms with Crippen molar-refractivity contribution in [1.82, 2.24) is 9.88 Å². The number of carbonyl (C=O) groups excluding carboxylic acids is 1. The molecule has 2 saturated heterocycles. The van der Waals surface area contributed by atoms with Crippen molar-refractivity contribution in [3.05, 3.63) is 34.4 Å². The van der Waals surface area contributed by atoms with Crippen LogP contribution in [0.15, 0.2) is 12.3 Å². The van der Waals surface area contributed by atoms with E-state index in [1.54, 1.807) is 11.9 Å². The number of fused-ring (bicyclic) bond motifs is 1. The van der Waals surface area contributed by atoms with E-state index in [1.807, 2.05) is 0 Å². The summed E-state index contributed by atoms with van der Waals surface area (Å²) in [6, 6.07) is 1.08. The van der Waals surface area contributed by atoms with Gasteiger partial charge in [-0.2, -0.15) is 20.2 Å². The molecule has 0 spiro atoms. The van der Waals surface area contributed by atoms with Crippen LogP contribution in [0.2, 0.25) is 0 Å². The standard InChI is InChI=1S/C17H22F3N4O.C7H14O2.C5H10O.Y/c1-22-10-16(4-2-13(21)7-16)15(25)24-5-3-14-11(9-24)6-12(8-23-14)17(18,19)20;8-4-1-7-2-5-9-6-3-7;1-2-4-6-5-3-1;/h6,8,13H,2-5,7,9-10,21H2,1H3;7-8H,1-6H2;1-5H2;/q-1;;;/t13?,16-;;;/m0.../s1. The van der Waals surface area contributed by atoms with E-state index in [9.17, 15) is 18.0 Å². The van der Waals surface area contributed by atoms with Gasteiger partial charge >= 0.3 is 6.18 Å². The van der Waals surface area contributed by atoms with Crippen LogP contribution in [0.5, 0.6) is 0 Å². The maximum Gasteiger partial charge on any atom is 0.417 e. The Kier molecular flexibility index (Phi) is 16.2. The quantitative estimate of drug-likeness (QED) is 0.483. The van der Waals surface area contributed by atoms with E-state index in [0.717, 1.165) is 70.3 Å². The number of amides is 1. The zero-order valence-corrected chi connectivity index (χ0v) is 27.2. The van der Waals surface area contributed by atoms with Crippen LogP contribution in [0.3, 0.4) is 0 Å². The number of nitrogens with zero attached hydrogens (tertiary/aromatic N) is 3. The first kappa shape index (κ1) is 36.5. The van der Waals surface area contributed by atoms with Gasteiger partial charge in [-0.15, -0.1) is 6.54 Å². The van der Waals surface area contributed by atoms with Crippen molar-refractivity contribution >= 4 is 5.91 Å². The molecule has 1 aromatic rings. The third kappa shape index (κ3) is 11.4. The van der Waals surface area contributed by atoms with E-state index in [0.29, 0.717) is 50.2 Å². The number of rotatable bonds is 5. The molecule has 8 nitrogen and oxygen atoms in total. The monoisotopic (exact) mass is 660 g/mol. The maximum absolute atomic E-state index is 13.1. The van der Waals surface area contributed by atoms with E-state index in [2.05, 4.69) is 10.3 Å². The molecule has 0 bridgehead atoms. The molecule has 231 valence electrons. The number of carbonyl (C=O) groups is 1. The predicted molar refractivity (Wildman–Crippen MR) is 147 cm³/mol. The topological polar surface area (TPSA) is 112 Å². The summed E-state index contributed by atoms with van der Waals surface area (Å²) in [6.45, 7) is 5.15. The minimum atomic E-state index is -4.44. The van der Waals surface area contributed by atoms with Crippen LogP contribution >= 0.6 is 0 Å². The molecular formula is C29H46F3N4O4Y-. The molecule has 0 aromatic carbocycles. The van der Waals surface area contributed by atoms with Crippen molar-refractivity contribution in [2.75, 3.05) is 53.2 Å². The Bertz CT molecular complexity index is 898. The van der Waals surface area contributed by atoms with Crippen LogP contribution < -0.4 is 5.73 Å². The number of aliphatic hydroxyl groups excluding tert-OH is 1. The van der Waals surface area contributed by atoms with Crippen molar-refractivity contribution in [3.8, 4) is 0 Å². The van der Waals surface area contributed by atoms with E-state index in [4.69, 9.17) is 20.3 Å². The molecular weight excluding hydrogens is 614 g/mol. The SMILES string of the molecule is C1CCOCC1.C[N-]C[C@]1(C(=O)N2CCc3ncc(C(F)(F)F)cc3C2)CCC(N)C1.OCCC1CCOCC1.[Y]. The maximum atomic E-state index is 13.1. The number of nitrogens with two attached hydrogens (primary N) is 1. The Morgan fingerprint density at radius 1 is 1.17 bits per heavy atom. The number of halogens is 3. The Balaban J connectivity index is 0.000000300. The smallest absolute Gasteiger partial charge is 0.417 e. The average Bonchev–Trinajstić information content (AvgIpc) is 3.35. The summed E-state index contributed by atoms with van der Waals surface area (Å²) in [7, 11) is 1.67. The number of alkyl halides is 3. The molecule has 3 aliphatic heterocycles. The fourth-order valence-corrected chi connectivity index (χ4v) is 5.87. The molecule has 3 N–H and O–H groups in total. The number of hydrogen-bond acceptors (Lipinski definition) is 6. The second-order valence-corrected chi connectivity index (χ2v) is 11.3. The van der Waals surface area contributed by atoms with Gasteiger partial charge in [0.05, 0.1) is 5.56 Å². The molecule has 1 radical (unpaired) electrons. The van der Waals surface area contributed by atoms with Crippen LogP contribution in [0, 0.1) is 11.3 Å². The fraction of sp³-hybridized carbons (Fsp3) is 0.793. The molecule has 3 fully saturated rings. The van der Waals surface area contributed by atoms with E-state index < -0.39 is 17.2 Å². The van der Waals surface area contributed by atoms with Crippen LogP contribution in [0.25, 0.3) is 5.32 Å². The summed E-state index contributed by atoms with van der Waals surface area (Å²) in [6.07, 6.45) is 6.08. The predicted octanol–water partition coefficient (Wildman–Crippen LogP) is 4.47. The second-order valence-electron chi connectivity index (χ2n) is 11.3. The van der Waals surface area contributed by atoms with Gasteiger partial charge in [-0.25, -0.2) is 0 Å². The average molecular weight is 661 g/mol. The number of ether oxygens (including phenoxy) is 2. The van der Waals surface area contributed by atoms with Gasteiger partial charge in [0.2, 0.25) is 5.91 Å². The molecule has 1 saturated carbocycles. The van der Waals surface area contributed by atoms with Crippen molar-refractivity contribution in [2.45, 2.75) is 83.0 Å². The van der Waals surface area contributed by atoms with Gasteiger partial charge in [-0.05, 0) is 75.3 Å². The summed E-state index contributed by atoms with van der Waals surface area (Å²) >= 11 is 0. The Morgan fingerprint density at radius 2 is 1.85 bits per heavy atom. The first-order valence-electron chi connectivity index (χ1n) is 14.6. The molecule has 41 heavy (non-hydrogen) atoms. The summed E-state index contributed by atoms with van der Waals surface area (Å²) in [5, 5.41) is 12.7. The first-order valence-corrected chi connectivity index (χ1v) is 14.6. The summed E-state index contributed by atoms with van der Waals surface area (Å²) in [4.78, 5) is 18.7. The zero-order chi connectivity index (χ0) is 29.0. The van der Waals surface area contributed by atoms with Gasteiger partial charge in [-0.3, -0.25) is 9.78 Å². The van der Waals surface area contributed by atoms with Crippen molar-refractivity contribution in [3.63, 3.8) is 0 Å². The van der Waals surface area contributed by atoms with Crippen LogP contribution in [-0.4, -0.2) is 80.1 Å². The van der Waals surface area contributed by atoms with Gasteiger partial charge in [0.1, 0.15) is 0 Å². The van der Waals surface area contributed by atoms with Crippen LogP contribution in [0.4, 0.5) is 13.2 Å². The summed E-state index contributed by atoms with van der Waals surface area (Å²) in [5.74, 6) is 0.679. The third-order valence-electron chi connectivity index (χ3n) is 8.17. The molecule has 1 aromatic heterocycles. The Hall–Kier alpha value is -0.686. The number of pyridine rings is 1. The van der Waals surface area contributed by atoms with E-state index >= 15 is 0 Å². The van der Waals surface area contributed by atoms with Gasteiger partial charge in [0.15, 0.2) is 0 Å². The molecule has 1 aliphatic carbocycles. The van der Waals surface area contributed by atoms with Crippen molar-refractivity contribution < 1.29 is 65.3 Å². The Labute approximate surface area is 267 Å². The van der Waals surface area contributed by atoms with Gasteiger partial charge in [0, 0.05) is 109 Å². The molecule has 4 aliphatic rings. The van der Waals surface area contributed by atoms with E-state index in [-0.39, 0.29) is 51.2 Å². The fourth-order valence-electron chi connectivity index (χ4n) is 5.87. The van der Waals surface area contributed by atoms with Gasteiger partial charge in [-0.1, -0.05) is 0 Å². The second kappa shape index (κ2) is 18.2. The van der Waals surface area contributed by atoms with Gasteiger partial charge < -0.3 is 30.5 Å². The van der Waals surface area contributed by atoms with Gasteiger partial charge in [0.25, 0.3) is 0 Å². The first-order chi connectivity index (χ1) is 19.2. The summed E-state index contributed by atoms with van der Waals surface area (Å²) in [5.41, 5.74) is 5.72. The third-order valence-corrected chi connectivity index (χ3v) is 8.17. The van der Waals surface area contributed by atoms with E-state index in [1.165, 1.54) is 19.3 Å². The summed E-state index contributed by atoms with van der Waals surface area (Å²) < 4.78 is 49.0. The molecule has 12 heteroatoms.